The lowest BCUT2D eigenvalue weighted by atomic mass is 10.1. The number of hydrogen-bond donors (Lipinski definition) is 1. The molecule has 3 aromatic rings. The van der Waals surface area contributed by atoms with Crippen molar-refractivity contribution in [3.8, 4) is 17.0 Å². The van der Waals surface area contributed by atoms with Crippen LogP contribution in [-0.2, 0) is 0 Å². The average molecular weight is 265 g/mol. The molecule has 0 fully saturated rings. The summed E-state index contributed by atoms with van der Waals surface area (Å²) in [7, 11) is 1.64. The van der Waals surface area contributed by atoms with Gasteiger partial charge in [-0.15, -0.1) is 0 Å². The van der Waals surface area contributed by atoms with Gasteiger partial charge in [-0.2, -0.15) is 0 Å². The predicted octanol–water partition coefficient (Wildman–Crippen LogP) is 3.96. The smallest absolute Gasteiger partial charge is 0.152 e. The Bertz CT molecular complexity index is 770. The van der Waals surface area contributed by atoms with Gasteiger partial charge in [-0.05, 0) is 48.9 Å². The standard InChI is InChI=1S/C17H15NO2/c1-11-3-8-16-14(9-11)15(10-19)17(18-16)12-4-6-13(20-2)7-5-12/h3-10,18H,1-2H3. The zero-order valence-corrected chi connectivity index (χ0v) is 11.4. The monoisotopic (exact) mass is 265 g/mol. The van der Waals surface area contributed by atoms with Gasteiger partial charge < -0.3 is 9.72 Å². The first-order valence-corrected chi connectivity index (χ1v) is 6.45. The topological polar surface area (TPSA) is 42.1 Å². The Hall–Kier alpha value is -2.55. The summed E-state index contributed by atoms with van der Waals surface area (Å²) in [5.74, 6) is 0.799. The first kappa shape index (κ1) is 12.5. The van der Waals surface area contributed by atoms with Crippen molar-refractivity contribution >= 4 is 17.2 Å². The SMILES string of the molecule is COc1ccc(-c2[nH]c3ccc(C)cc3c2C=O)cc1. The summed E-state index contributed by atoms with van der Waals surface area (Å²) >= 11 is 0. The molecular formula is C17H15NO2. The highest BCUT2D eigenvalue weighted by molar-refractivity contribution is 6.04. The molecule has 0 atom stereocenters. The van der Waals surface area contributed by atoms with Crippen LogP contribution in [0.5, 0.6) is 5.75 Å². The molecule has 0 amide bonds. The molecule has 0 radical (unpaired) electrons. The maximum absolute atomic E-state index is 11.5. The van der Waals surface area contributed by atoms with E-state index in [0.29, 0.717) is 5.56 Å². The largest absolute Gasteiger partial charge is 0.497 e. The number of rotatable bonds is 3. The molecule has 0 aliphatic carbocycles. The molecule has 0 bridgehead atoms. The van der Waals surface area contributed by atoms with Gasteiger partial charge in [0.2, 0.25) is 0 Å². The van der Waals surface area contributed by atoms with Gasteiger partial charge in [0, 0.05) is 16.5 Å². The second-order valence-corrected chi connectivity index (χ2v) is 4.81. The Morgan fingerprint density at radius 2 is 1.85 bits per heavy atom. The minimum absolute atomic E-state index is 0.703. The maximum atomic E-state index is 11.5. The summed E-state index contributed by atoms with van der Waals surface area (Å²) < 4.78 is 5.16. The van der Waals surface area contributed by atoms with E-state index in [4.69, 9.17) is 4.74 Å². The highest BCUT2D eigenvalue weighted by Gasteiger charge is 2.12. The van der Waals surface area contributed by atoms with Crippen LogP contribution in [0.3, 0.4) is 0 Å². The fourth-order valence-electron chi connectivity index (χ4n) is 2.43. The van der Waals surface area contributed by atoms with Crippen molar-refractivity contribution in [2.45, 2.75) is 6.92 Å². The number of aromatic amines is 1. The van der Waals surface area contributed by atoms with E-state index in [0.717, 1.165) is 39.8 Å². The highest BCUT2D eigenvalue weighted by atomic mass is 16.5. The van der Waals surface area contributed by atoms with Crippen LogP contribution in [0.15, 0.2) is 42.5 Å². The van der Waals surface area contributed by atoms with E-state index in [1.807, 2.05) is 49.4 Å². The van der Waals surface area contributed by atoms with Gasteiger partial charge in [0.1, 0.15) is 5.75 Å². The first-order chi connectivity index (χ1) is 9.72. The predicted molar refractivity (Wildman–Crippen MR) is 80.4 cm³/mol. The number of aryl methyl sites for hydroxylation is 1. The van der Waals surface area contributed by atoms with Gasteiger partial charge in [-0.3, -0.25) is 4.79 Å². The Labute approximate surface area is 117 Å². The maximum Gasteiger partial charge on any atom is 0.152 e. The third-order valence-corrected chi connectivity index (χ3v) is 3.49. The number of carbonyl (C=O) groups excluding carboxylic acids is 1. The Morgan fingerprint density at radius 3 is 2.50 bits per heavy atom. The molecule has 3 rings (SSSR count). The van der Waals surface area contributed by atoms with E-state index < -0.39 is 0 Å². The van der Waals surface area contributed by atoms with Crippen molar-refractivity contribution in [2.75, 3.05) is 7.11 Å². The average Bonchev–Trinajstić information content (AvgIpc) is 2.85. The minimum atomic E-state index is 0.703. The summed E-state index contributed by atoms with van der Waals surface area (Å²) in [4.78, 5) is 14.8. The number of nitrogens with one attached hydrogen (secondary N) is 1. The number of hydrogen-bond acceptors (Lipinski definition) is 2. The van der Waals surface area contributed by atoms with Crippen molar-refractivity contribution in [2.24, 2.45) is 0 Å². The summed E-state index contributed by atoms with van der Waals surface area (Å²) in [6.07, 6.45) is 0.915. The van der Waals surface area contributed by atoms with E-state index in [2.05, 4.69) is 4.98 Å². The van der Waals surface area contributed by atoms with E-state index in [1.54, 1.807) is 7.11 Å². The van der Waals surface area contributed by atoms with Gasteiger partial charge in [-0.1, -0.05) is 11.6 Å². The Balaban J connectivity index is 2.21. The number of benzene rings is 2. The molecule has 100 valence electrons. The number of aromatic nitrogens is 1. The fourth-order valence-corrected chi connectivity index (χ4v) is 2.43. The molecule has 0 saturated heterocycles. The number of aldehydes is 1. The van der Waals surface area contributed by atoms with Crippen LogP contribution in [0.1, 0.15) is 15.9 Å². The van der Waals surface area contributed by atoms with Gasteiger partial charge in [0.15, 0.2) is 6.29 Å². The molecule has 3 nitrogen and oxygen atoms in total. The lowest BCUT2D eigenvalue weighted by Gasteiger charge is -2.02. The second-order valence-electron chi connectivity index (χ2n) is 4.81. The van der Waals surface area contributed by atoms with Crippen LogP contribution in [0.2, 0.25) is 0 Å². The summed E-state index contributed by atoms with van der Waals surface area (Å²) in [5.41, 5.74) is 4.64. The normalized spacial score (nSPS) is 10.7. The van der Waals surface area contributed by atoms with Crippen LogP contribution in [0.4, 0.5) is 0 Å². The molecule has 0 aliphatic heterocycles. The quantitative estimate of drug-likeness (QED) is 0.728. The van der Waals surface area contributed by atoms with Crippen LogP contribution in [0.25, 0.3) is 22.2 Å². The molecule has 0 unspecified atom stereocenters. The zero-order chi connectivity index (χ0) is 14.1. The summed E-state index contributed by atoms with van der Waals surface area (Å²) in [6, 6.07) is 13.7. The third-order valence-electron chi connectivity index (χ3n) is 3.49. The van der Waals surface area contributed by atoms with Gasteiger partial charge in [-0.25, -0.2) is 0 Å². The Morgan fingerprint density at radius 1 is 1.10 bits per heavy atom. The molecule has 2 aromatic carbocycles. The molecule has 20 heavy (non-hydrogen) atoms. The molecule has 1 aromatic heterocycles. The lowest BCUT2D eigenvalue weighted by molar-refractivity contribution is 0.112. The molecule has 3 heteroatoms. The molecule has 0 spiro atoms. The molecule has 0 saturated carbocycles. The Kier molecular flexibility index (Phi) is 3.03. The van der Waals surface area contributed by atoms with Crippen LogP contribution < -0.4 is 4.74 Å². The lowest BCUT2D eigenvalue weighted by Crippen LogP contribution is -1.86. The molecule has 0 aliphatic rings. The van der Waals surface area contributed by atoms with Crippen LogP contribution >= 0.6 is 0 Å². The number of methoxy groups -OCH3 is 1. The number of carbonyl (C=O) groups is 1. The number of ether oxygens (including phenoxy) is 1. The minimum Gasteiger partial charge on any atom is -0.497 e. The van der Waals surface area contributed by atoms with Crippen molar-refractivity contribution in [1.82, 2.24) is 4.98 Å². The van der Waals surface area contributed by atoms with Crippen molar-refractivity contribution < 1.29 is 9.53 Å². The molecule has 1 N–H and O–H groups in total. The van der Waals surface area contributed by atoms with E-state index in [1.165, 1.54) is 0 Å². The number of H-pyrrole nitrogens is 1. The highest BCUT2D eigenvalue weighted by Crippen LogP contribution is 2.30. The van der Waals surface area contributed by atoms with Crippen molar-refractivity contribution in [3.63, 3.8) is 0 Å². The van der Waals surface area contributed by atoms with Gasteiger partial charge in [0.05, 0.1) is 12.8 Å². The van der Waals surface area contributed by atoms with Crippen molar-refractivity contribution in [3.05, 3.63) is 53.6 Å². The van der Waals surface area contributed by atoms with Crippen molar-refractivity contribution in [1.29, 1.82) is 0 Å². The number of fused-ring (bicyclic) bond motifs is 1. The van der Waals surface area contributed by atoms with E-state index >= 15 is 0 Å². The van der Waals surface area contributed by atoms with E-state index in [9.17, 15) is 4.79 Å². The third kappa shape index (κ3) is 1.97. The fraction of sp³-hybridized carbons (Fsp3) is 0.118. The first-order valence-electron chi connectivity index (χ1n) is 6.45. The zero-order valence-electron chi connectivity index (χ0n) is 11.4. The van der Waals surface area contributed by atoms with Crippen LogP contribution in [0, 0.1) is 6.92 Å². The summed E-state index contributed by atoms with van der Waals surface area (Å²) in [6.45, 7) is 2.02. The van der Waals surface area contributed by atoms with E-state index in [-0.39, 0.29) is 0 Å². The molecular weight excluding hydrogens is 250 g/mol. The summed E-state index contributed by atoms with van der Waals surface area (Å²) in [5, 5.41) is 0.964. The van der Waals surface area contributed by atoms with Gasteiger partial charge >= 0.3 is 0 Å². The van der Waals surface area contributed by atoms with Gasteiger partial charge in [0.25, 0.3) is 0 Å². The second kappa shape index (κ2) is 4.85. The molecule has 1 heterocycles. The van der Waals surface area contributed by atoms with Crippen LogP contribution in [-0.4, -0.2) is 18.4 Å².